The first-order chi connectivity index (χ1) is 15.6. The number of hydrogen-bond acceptors (Lipinski definition) is 8. The number of aromatic nitrogens is 4. The average molecular weight is 435 g/mol. The minimum absolute atomic E-state index is 0.105. The number of nitrogens with zero attached hydrogens (tertiary/aromatic N) is 4. The van der Waals surface area contributed by atoms with Crippen LogP contribution in [0, 0.1) is 0 Å². The van der Waals surface area contributed by atoms with Gasteiger partial charge >= 0.3 is 0 Å². The number of fused-ring (bicyclic) bond motifs is 1. The summed E-state index contributed by atoms with van der Waals surface area (Å²) in [6, 6.07) is 7.46. The third-order valence-corrected chi connectivity index (χ3v) is 6.61. The van der Waals surface area contributed by atoms with Crippen LogP contribution in [0.1, 0.15) is 67.8 Å². The van der Waals surface area contributed by atoms with Gasteiger partial charge in [-0.3, -0.25) is 0 Å². The largest absolute Gasteiger partial charge is 0.545 e. The molecular weight excluding hydrogens is 406 g/mol. The van der Waals surface area contributed by atoms with Gasteiger partial charge in [-0.15, -0.1) is 0 Å². The maximum atomic E-state index is 11.3. The van der Waals surface area contributed by atoms with Crippen molar-refractivity contribution in [1.29, 1.82) is 0 Å². The highest BCUT2D eigenvalue weighted by molar-refractivity contribution is 5.89. The molecular formula is C23H28N7O2-. The maximum Gasteiger partial charge on any atom is 0.227 e. The van der Waals surface area contributed by atoms with Gasteiger partial charge in [0.15, 0.2) is 17.0 Å². The molecule has 9 nitrogen and oxygen atoms in total. The summed E-state index contributed by atoms with van der Waals surface area (Å²) in [5, 5.41) is 18.0. The van der Waals surface area contributed by atoms with Crippen molar-refractivity contribution < 1.29 is 9.90 Å². The van der Waals surface area contributed by atoms with Crippen LogP contribution in [0.5, 0.6) is 0 Å². The number of nitrogens with two attached hydrogens (primary N) is 1. The van der Waals surface area contributed by atoms with E-state index in [4.69, 9.17) is 15.7 Å². The molecule has 5 rings (SSSR count). The van der Waals surface area contributed by atoms with Crippen molar-refractivity contribution in [2.45, 2.75) is 69.5 Å². The molecule has 4 N–H and O–H groups in total. The van der Waals surface area contributed by atoms with Crippen LogP contribution in [0.15, 0.2) is 30.6 Å². The highest BCUT2D eigenvalue weighted by Crippen LogP contribution is 2.34. The quantitative estimate of drug-likeness (QED) is 0.539. The van der Waals surface area contributed by atoms with Gasteiger partial charge in [-0.1, -0.05) is 25.0 Å². The number of carboxylic acid groups (broad SMARTS) is 1. The van der Waals surface area contributed by atoms with E-state index in [9.17, 15) is 9.90 Å². The molecule has 2 aliphatic carbocycles. The Labute approximate surface area is 186 Å². The van der Waals surface area contributed by atoms with E-state index >= 15 is 0 Å². The third-order valence-electron chi connectivity index (χ3n) is 6.61. The second kappa shape index (κ2) is 8.74. The van der Waals surface area contributed by atoms with E-state index in [1.807, 2.05) is 6.33 Å². The minimum atomic E-state index is -1.22. The Balaban J connectivity index is 1.51. The molecule has 0 aliphatic heterocycles. The number of carbonyl (C=O) groups excluding carboxylic acids is 1. The van der Waals surface area contributed by atoms with Gasteiger partial charge < -0.3 is 30.8 Å². The van der Waals surface area contributed by atoms with Crippen molar-refractivity contribution in [2.24, 2.45) is 5.73 Å². The Morgan fingerprint density at radius 2 is 1.88 bits per heavy atom. The standard InChI is InChI=1S/C23H29N7O2/c24-15-8-10-16(11-9-15)27-23-28-20(26-17-5-3-4-14(12-17)22(31)32)19-21(29-23)30(13-25-19)18-6-1-2-7-18/h3-5,12-13,15-16,18H,1-2,6-11,24H2,(H,31,32)(H2,26,27,28,29)/p-1. The highest BCUT2D eigenvalue weighted by atomic mass is 16.4. The number of anilines is 3. The van der Waals surface area contributed by atoms with E-state index < -0.39 is 5.97 Å². The molecule has 2 aromatic heterocycles. The van der Waals surface area contributed by atoms with Gasteiger partial charge in [0.25, 0.3) is 0 Å². The van der Waals surface area contributed by atoms with Crippen LogP contribution < -0.4 is 21.5 Å². The first-order valence-corrected chi connectivity index (χ1v) is 11.4. The number of hydrogen-bond donors (Lipinski definition) is 3. The van der Waals surface area contributed by atoms with E-state index in [1.54, 1.807) is 12.1 Å². The van der Waals surface area contributed by atoms with Crippen molar-refractivity contribution in [2.75, 3.05) is 10.6 Å². The van der Waals surface area contributed by atoms with Crippen molar-refractivity contribution in [3.8, 4) is 0 Å². The van der Waals surface area contributed by atoms with E-state index in [-0.39, 0.29) is 17.6 Å². The first-order valence-electron chi connectivity index (χ1n) is 11.4. The van der Waals surface area contributed by atoms with Crippen LogP contribution in [0.4, 0.5) is 17.5 Å². The molecule has 168 valence electrons. The molecule has 32 heavy (non-hydrogen) atoms. The van der Waals surface area contributed by atoms with Crippen LogP contribution in [0.3, 0.4) is 0 Å². The zero-order valence-corrected chi connectivity index (χ0v) is 18.0. The van der Waals surface area contributed by atoms with Crippen molar-refractivity contribution >= 4 is 34.6 Å². The monoisotopic (exact) mass is 434 g/mol. The summed E-state index contributed by atoms with van der Waals surface area (Å²) in [6.45, 7) is 0. The van der Waals surface area contributed by atoms with Gasteiger partial charge in [-0.05, 0) is 56.2 Å². The normalized spacial score (nSPS) is 21.7. The zero-order chi connectivity index (χ0) is 22.1. The summed E-state index contributed by atoms with van der Waals surface area (Å²) < 4.78 is 2.16. The lowest BCUT2D eigenvalue weighted by atomic mass is 9.92. The molecule has 0 atom stereocenters. The van der Waals surface area contributed by atoms with E-state index in [2.05, 4.69) is 20.2 Å². The fourth-order valence-corrected chi connectivity index (χ4v) is 4.82. The van der Waals surface area contributed by atoms with Crippen LogP contribution in [-0.4, -0.2) is 37.6 Å². The third kappa shape index (κ3) is 4.25. The van der Waals surface area contributed by atoms with Crippen molar-refractivity contribution in [1.82, 2.24) is 19.5 Å². The number of rotatable bonds is 6. The molecule has 9 heteroatoms. The van der Waals surface area contributed by atoms with Crippen LogP contribution in [0.2, 0.25) is 0 Å². The van der Waals surface area contributed by atoms with Gasteiger partial charge in [0.2, 0.25) is 5.95 Å². The number of imidazole rings is 1. The predicted molar refractivity (Wildman–Crippen MR) is 121 cm³/mol. The second-order valence-electron chi connectivity index (χ2n) is 8.91. The van der Waals surface area contributed by atoms with E-state index in [0.29, 0.717) is 29.0 Å². The SMILES string of the molecule is NC1CCC(Nc2nc(Nc3cccc(C(=O)[O-])c3)c3ncn(C4CCCC4)c3n2)CC1. The summed E-state index contributed by atoms with van der Waals surface area (Å²) in [5.74, 6) is -0.113. The van der Waals surface area contributed by atoms with Gasteiger partial charge in [0.05, 0.1) is 12.3 Å². The molecule has 3 aromatic rings. The van der Waals surface area contributed by atoms with Gasteiger partial charge in [-0.25, -0.2) is 4.98 Å². The molecule has 0 saturated heterocycles. The molecule has 1 aromatic carbocycles. The smallest absolute Gasteiger partial charge is 0.227 e. The first kappa shape index (κ1) is 20.7. The van der Waals surface area contributed by atoms with Crippen molar-refractivity contribution in [3.05, 3.63) is 36.2 Å². The number of benzene rings is 1. The summed E-state index contributed by atoms with van der Waals surface area (Å²) >= 11 is 0. The fraction of sp³-hybridized carbons (Fsp3) is 0.478. The van der Waals surface area contributed by atoms with E-state index in [0.717, 1.165) is 44.2 Å². The van der Waals surface area contributed by atoms with Crippen LogP contribution >= 0.6 is 0 Å². The summed E-state index contributed by atoms with van der Waals surface area (Å²) in [7, 11) is 0. The maximum absolute atomic E-state index is 11.3. The number of aromatic carboxylic acids is 1. The molecule has 0 spiro atoms. The second-order valence-corrected chi connectivity index (χ2v) is 8.91. The Kier molecular flexibility index (Phi) is 5.65. The lowest BCUT2D eigenvalue weighted by molar-refractivity contribution is -0.255. The lowest BCUT2D eigenvalue weighted by Crippen LogP contribution is -2.33. The van der Waals surface area contributed by atoms with Crippen LogP contribution in [-0.2, 0) is 0 Å². The molecule has 2 saturated carbocycles. The minimum Gasteiger partial charge on any atom is -0.545 e. The number of carbonyl (C=O) groups is 1. The van der Waals surface area contributed by atoms with Gasteiger partial charge in [-0.2, -0.15) is 9.97 Å². The van der Waals surface area contributed by atoms with Gasteiger partial charge in [0.1, 0.15) is 0 Å². The topological polar surface area (TPSA) is 134 Å². The number of carboxylic acids is 1. The summed E-state index contributed by atoms with van der Waals surface area (Å²) in [6.07, 6.45) is 10.5. The highest BCUT2D eigenvalue weighted by Gasteiger charge is 2.24. The molecule has 0 amide bonds. The Morgan fingerprint density at radius 1 is 1.09 bits per heavy atom. The Morgan fingerprint density at radius 3 is 2.62 bits per heavy atom. The van der Waals surface area contributed by atoms with Crippen molar-refractivity contribution in [3.63, 3.8) is 0 Å². The molecule has 0 bridgehead atoms. The Hall–Kier alpha value is -3.20. The van der Waals surface area contributed by atoms with E-state index in [1.165, 1.54) is 25.0 Å². The predicted octanol–water partition coefficient (Wildman–Crippen LogP) is 2.73. The molecule has 0 radical (unpaired) electrons. The molecule has 2 heterocycles. The lowest BCUT2D eigenvalue weighted by Gasteiger charge is -2.27. The molecule has 0 unspecified atom stereocenters. The number of nitrogens with one attached hydrogen (secondary N) is 2. The Bertz CT molecular complexity index is 1110. The summed E-state index contributed by atoms with van der Waals surface area (Å²) in [5.41, 5.74) is 8.24. The molecule has 2 aliphatic rings. The van der Waals surface area contributed by atoms with Gasteiger partial charge in [0, 0.05) is 23.8 Å². The fourth-order valence-electron chi connectivity index (χ4n) is 4.82. The zero-order valence-electron chi connectivity index (χ0n) is 18.0. The molecule has 2 fully saturated rings. The average Bonchev–Trinajstić information content (AvgIpc) is 3.45. The summed E-state index contributed by atoms with van der Waals surface area (Å²) in [4.78, 5) is 25.4. The van der Waals surface area contributed by atoms with Crippen LogP contribution in [0.25, 0.3) is 11.2 Å².